The number of ether oxygens (including phenoxy) is 3. The van der Waals surface area contributed by atoms with Gasteiger partial charge in [0.15, 0.2) is 0 Å². The van der Waals surface area contributed by atoms with E-state index in [1.807, 2.05) is 26.2 Å². The number of benzene rings is 1. The molecule has 0 aliphatic carbocycles. The van der Waals surface area contributed by atoms with Gasteiger partial charge in [0.2, 0.25) is 0 Å². The minimum Gasteiger partial charge on any atom is -0.494 e. The van der Waals surface area contributed by atoms with E-state index in [1.165, 1.54) is 5.56 Å². The maximum Gasteiger partial charge on any atom is 0.119 e. The second kappa shape index (κ2) is 7.78. The Morgan fingerprint density at radius 3 is 2.38 bits per heavy atom. The number of methoxy groups -OCH3 is 1. The Balaban J connectivity index is 2.24. The Morgan fingerprint density at radius 1 is 1.19 bits per heavy atom. The van der Waals surface area contributed by atoms with Crippen molar-refractivity contribution < 1.29 is 14.2 Å². The van der Waals surface area contributed by atoms with Gasteiger partial charge in [-0.15, -0.1) is 0 Å². The van der Waals surface area contributed by atoms with Crippen LogP contribution in [0.25, 0.3) is 0 Å². The van der Waals surface area contributed by atoms with E-state index in [0.29, 0.717) is 6.61 Å². The van der Waals surface area contributed by atoms with Crippen LogP contribution in [0.5, 0.6) is 5.75 Å². The third-order valence-corrected chi connectivity index (χ3v) is 4.20. The van der Waals surface area contributed by atoms with Crippen LogP contribution in [-0.4, -0.2) is 39.1 Å². The molecule has 0 bridgehead atoms. The summed E-state index contributed by atoms with van der Waals surface area (Å²) in [6.07, 6.45) is 1.82. The quantitative estimate of drug-likeness (QED) is 0.839. The Hall–Kier alpha value is -1.10. The summed E-state index contributed by atoms with van der Waals surface area (Å²) >= 11 is 0. The van der Waals surface area contributed by atoms with E-state index in [4.69, 9.17) is 14.2 Å². The first-order chi connectivity index (χ1) is 10.3. The van der Waals surface area contributed by atoms with Gasteiger partial charge in [-0.1, -0.05) is 19.1 Å². The van der Waals surface area contributed by atoms with Crippen LogP contribution in [0, 0.1) is 0 Å². The molecule has 118 valence electrons. The number of hydrogen-bond acceptors (Lipinski definition) is 4. The maximum atomic E-state index is 5.95. The normalized spacial score (nSPS) is 19.2. The first kappa shape index (κ1) is 16.3. The van der Waals surface area contributed by atoms with E-state index in [9.17, 15) is 0 Å². The Bertz CT molecular complexity index is 413. The molecule has 1 N–H and O–H groups in total. The van der Waals surface area contributed by atoms with Crippen LogP contribution >= 0.6 is 0 Å². The molecule has 0 radical (unpaired) electrons. The van der Waals surface area contributed by atoms with E-state index < -0.39 is 0 Å². The fraction of sp³-hybridized carbons (Fsp3) is 0.647. The van der Waals surface area contributed by atoms with Crippen molar-refractivity contribution in [3.63, 3.8) is 0 Å². The minimum absolute atomic E-state index is 0.173. The van der Waals surface area contributed by atoms with Gasteiger partial charge in [0.25, 0.3) is 0 Å². The molecule has 0 saturated carbocycles. The molecular formula is C17H27NO3. The largest absolute Gasteiger partial charge is 0.494 e. The number of likely N-dealkylation sites (N-methyl/N-ethyl adjacent to an activating group) is 1. The lowest BCUT2D eigenvalue weighted by Gasteiger charge is -2.43. The maximum absolute atomic E-state index is 5.95. The highest BCUT2D eigenvalue weighted by atomic mass is 16.5. The van der Waals surface area contributed by atoms with Gasteiger partial charge in [0.05, 0.1) is 18.2 Å². The lowest BCUT2D eigenvalue weighted by atomic mass is 9.82. The zero-order valence-electron chi connectivity index (χ0n) is 13.4. The Kier molecular flexibility index (Phi) is 6.03. The van der Waals surface area contributed by atoms with Crippen molar-refractivity contribution in [3.8, 4) is 5.75 Å². The standard InChI is InChI=1S/C17H27NO3/c1-4-18-16(17(19-3)10-12-20-13-11-17)14-6-8-15(9-7-14)21-5-2/h6-9,16,18H,4-5,10-13H2,1-3H3. The predicted molar refractivity (Wildman–Crippen MR) is 83.8 cm³/mol. The van der Waals surface area contributed by atoms with Crippen molar-refractivity contribution in [3.05, 3.63) is 29.8 Å². The molecule has 1 fully saturated rings. The summed E-state index contributed by atoms with van der Waals surface area (Å²) < 4.78 is 17.0. The van der Waals surface area contributed by atoms with Crippen molar-refractivity contribution in [1.82, 2.24) is 5.32 Å². The van der Waals surface area contributed by atoms with Crippen molar-refractivity contribution >= 4 is 0 Å². The number of hydrogen-bond donors (Lipinski definition) is 1. The predicted octanol–water partition coefficient (Wildman–Crippen LogP) is 2.93. The smallest absolute Gasteiger partial charge is 0.119 e. The monoisotopic (exact) mass is 293 g/mol. The van der Waals surface area contributed by atoms with Crippen LogP contribution in [0.2, 0.25) is 0 Å². The summed E-state index contributed by atoms with van der Waals surface area (Å²) in [6.45, 7) is 7.24. The molecule has 2 rings (SSSR count). The molecule has 0 aromatic heterocycles. The molecule has 1 saturated heterocycles. The lowest BCUT2D eigenvalue weighted by molar-refractivity contribution is -0.111. The van der Waals surface area contributed by atoms with Crippen LogP contribution in [-0.2, 0) is 9.47 Å². The molecule has 21 heavy (non-hydrogen) atoms. The van der Waals surface area contributed by atoms with E-state index in [2.05, 4.69) is 24.4 Å². The highest BCUT2D eigenvalue weighted by molar-refractivity contribution is 5.31. The van der Waals surface area contributed by atoms with Gasteiger partial charge in [-0.2, -0.15) is 0 Å². The van der Waals surface area contributed by atoms with Gasteiger partial charge in [-0.05, 0) is 31.2 Å². The van der Waals surface area contributed by atoms with Crippen molar-refractivity contribution in [2.45, 2.75) is 38.3 Å². The SMILES string of the molecule is CCNC(c1ccc(OCC)cc1)C1(OC)CCOCC1. The van der Waals surface area contributed by atoms with Crippen molar-refractivity contribution in [1.29, 1.82) is 0 Å². The zero-order valence-corrected chi connectivity index (χ0v) is 13.4. The van der Waals surface area contributed by atoms with Gasteiger partial charge < -0.3 is 19.5 Å². The molecule has 1 aromatic carbocycles. The van der Waals surface area contributed by atoms with E-state index in [0.717, 1.165) is 38.3 Å². The Labute approximate surface area is 127 Å². The molecule has 1 unspecified atom stereocenters. The zero-order chi connectivity index (χ0) is 15.1. The average molecular weight is 293 g/mol. The van der Waals surface area contributed by atoms with E-state index >= 15 is 0 Å². The van der Waals surface area contributed by atoms with Crippen LogP contribution in [0.3, 0.4) is 0 Å². The van der Waals surface area contributed by atoms with Crippen LogP contribution < -0.4 is 10.1 Å². The number of rotatable bonds is 7. The minimum atomic E-state index is -0.193. The van der Waals surface area contributed by atoms with E-state index in [-0.39, 0.29) is 11.6 Å². The second-order valence-corrected chi connectivity index (χ2v) is 5.37. The summed E-state index contributed by atoms with van der Waals surface area (Å²) in [5, 5.41) is 3.59. The van der Waals surface area contributed by atoms with Gasteiger partial charge in [-0.25, -0.2) is 0 Å². The molecule has 1 heterocycles. The van der Waals surface area contributed by atoms with Gasteiger partial charge in [0.1, 0.15) is 5.75 Å². The fourth-order valence-electron chi connectivity index (χ4n) is 3.06. The molecule has 1 aliphatic rings. The molecule has 1 aromatic rings. The molecule has 1 aliphatic heterocycles. The summed E-state index contributed by atoms with van der Waals surface area (Å²) in [4.78, 5) is 0. The third-order valence-electron chi connectivity index (χ3n) is 4.20. The molecule has 4 nitrogen and oxygen atoms in total. The third kappa shape index (κ3) is 3.76. The first-order valence-corrected chi connectivity index (χ1v) is 7.84. The molecular weight excluding hydrogens is 266 g/mol. The Morgan fingerprint density at radius 2 is 1.86 bits per heavy atom. The highest BCUT2D eigenvalue weighted by Gasteiger charge is 2.41. The van der Waals surface area contributed by atoms with Crippen LogP contribution in [0.15, 0.2) is 24.3 Å². The van der Waals surface area contributed by atoms with Crippen molar-refractivity contribution in [2.24, 2.45) is 0 Å². The summed E-state index contributed by atoms with van der Waals surface area (Å²) in [5.74, 6) is 0.912. The van der Waals surface area contributed by atoms with Gasteiger partial charge >= 0.3 is 0 Å². The molecule has 1 atom stereocenters. The summed E-state index contributed by atoms with van der Waals surface area (Å²) in [7, 11) is 1.81. The fourth-order valence-corrected chi connectivity index (χ4v) is 3.06. The van der Waals surface area contributed by atoms with Crippen LogP contribution in [0.1, 0.15) is 38.3 Å². The van der Waals surface area contributed by atoms with Crippen molar-refractivity contribution in [2.75, 3.05) is 33.5 Å². The molecule has 0 spiro atoms. The van der Waals surface area contributed by atoms with Gasteiger partial charge in [-0.3, -0.25) is 0 Å². The second-order valence-electron chi connectivity index (χ2n) is 5.37. The van der Waals surface area contributed by atoms with Crippen LogP contribution in [0.4, 0.5) is 0 Å². The number of nitrogens with one attached hydrogen (secondary N) is 1. The average Bonchev–Trinajstić information content (AvgIpc) is 2.54. The topological polar surface area (TPSA) is 39.7 Å². The lowest BCUT2D eigenvalue weighted by Crippen LogP contribution is -2.49. The molecule has 0 amide bonds. The summed E-state index contributed by atoms with van der Waals surface area (Å²) in [5.41, 5.74) is 1.05. The van der Waals surface area contributed by atoms with E-state index in [1.54, 1.807) is 0 Å². The summed E-state index contributed by atoms with van der Waals surface area (Å²) in [6, 6.07) is 8.51. The molecule has 4 heteroatoms. The first-order valence-electron chi connectivity index (χ1n) is 7.84. The highest BCUT2D eigenvalue weighted by Crippen LogP contribution is 2.37. The van der Waals surface area contributed by atoms with Gasteiger partial charge in [0, 0.05) is 33.2 Å².